The van der Waals surface area contributed by atoms with Gasteiger partial charge in [-0.1, -0.05) is 12.1 Å². The summed E-state index contributed by atoms with van der Waals surface area (Å²) in [6.07, 6.45) is 2.05. The summed E-state index contributed by atoms with van der Waals surface area (Å²) in [5.41, 5.74) is 0.795. The fourth-order valence-electron chi connectivity index (χ4n) is 3.29. The van der Waals surface area contributed by atoms with E-state index in [9.17, 15) is 9.18 Å². The Balaban J connectivity index is 1.90. The van der Waals surface area contributed by atoms with Crippen LogP contribution in [0, 0.1) is 5.82 Å². The minimum atomic E-state index is -0.403. The van der Waals surface area contributed by atoms with Gasteiger partial charge in [0.15, 0.2) is 0 Å². The fourth-order valence-corrected chi connectivity index (χ4v) is 3.29. The Morgan fingerprint density at radius 3 is 2.46 bits per heavy atom. The fraction of sp³-hybridized carbons (Fsp3) is 0.421. The smallest absolute Gasteiger partial charge is 0.231 e. The molecule has 0 radical (unpaired) electrons. The number of hydrogen-bond acceptors (Lipinski definition) is 3. The van der Waals surface area contributed by atoms with E-state index in [1.54, 1.807) is 18.4 Å². The summed E-state index contributed by atoms with van der Waals surface area (Å²) in [7, 11) is 0. The maximum Gasteiger partial charge on any atom is 0.231 e. The van der Waals surface area contributed by atoms with Crippen molar-refractivity contribution in [3.05, 3.63) is 59.8 Å². The zero-order chi connectivity index (χ0) is 17.1. The predicted molar refractivity (Wildman–Crippen MR) is 88.1 cm³/mol. The number of carbonyl (C=O) groups is 1. The third kappa shape index (κ3) is 3.51. The average molecular weight is 331 g/mol. The number of hydrogen-bond donors (Lipinski definition) is 0. The van der Waals surface area contributed by atoms with E-state index in [4.69, 9.17) is 9.15 Å². The first-order chi connectivity index (χ1) is 11.6. The van der Waals surface area contributed by atoms with Crippen LogP contribution in [-0.2, 0) is 16.0 Å². The van der Waals surface area contributed by atoms with Gasteiger partial charge in [-0.3, -0.25) is 4.79 Å². The highest BCUT2D eigenvalue weighted by Crippen LogP contribution is 2.27. The van der Waals surface area contributed by atoms with Crippen molar-refractivity contribution >= 4 is 5.91 Å². The zero-order valence-corrected chi connectivity index (χ0v) is 13.9. The number of nitrogens with zero attached hydrogens (tertiary/aromatic N) is 1. The van der Waals surface area contributed by atoms with Crippen molar-refractivity contribution in [1.29, 1.82) is 0 Å². The molecule has 3 unspecified atom stereocenters. The normalized spacial score (nSPS) is 22.4. The van der Waals surface area contributed by atoms with Gasteiger partial charge >= 0.3 is 0 Å². The molecule has 1 aromatic heterocycles. The van der Waals surface area contributed by atoms with Crippen LogP contribution in [0.25, 0.3) is 0 Å². The van der Waals surface area contributed by atoms with E-state index < -0.39 is 5.92 Å². The Morgan fingerprint density at radius 1 is 1.21 bits per heavy atom. The molecule has 1 fully saturated rings. The molecular weight excluding hydrogens is 309 g/mol. The SMILES string of the molecule is CC1COCC(C)N1C(=O)C(Cc1ccco1)c1ccc(F)cc1. The number of halogens is 1. The van der Waals surface area contributed by atoms with Crippen molar-refractivity contribution in [2.45, 2.75) is 38.3 Å². The Bertz CT molecular complexity index is 658. The van der Waals surface area contributed by atoms with Gasteiger partial charge in [-0.2, -0.15) is 0 Å². The van der Waals surface area contributed by atoms with E-state index in [0.29, 0.717) is 19.6 Å². The highest BCUT2D eigenvalue weighted by molar-refractivity contribution is 5.84. The molecule has 3 rings (SSSR count). The van der Waals surface area contributed by atoms with E-state index in [1.165, 1.54) is 12.1 Å². The van der Waals surface area contributed by atoms with Crippen molar-refractivity contribution in [3.8, 4) is 0 Å². The lowest BCUT2D eigenvalue weighted by Gasteiger charge is -2.40. The topological polar surface area (TPSA) is 42.7 Å². The summed E-state index contributed by atoms with van der Waals surface area (Å²) in [6.45, 7) is 5.05. The molecule has 1 aliphatic heterocycles. The third-order valence-electron chi connectivity index (χ3n) is 4.48. The molecule has 0 saturated carbocycles. The number of rotatable bonds is 4. The Labute approximate surface area is 141 Å². The monoisotopic (exact) mass is 331 g/mol. The molecule has 0 bridgehead atoms. The van der Waals surface area contributed by atoms with Crippen LogP contribution in [0.3, 0.4) is 0 Å². The molecule has 2 aromatic rings. The van der Waals surface area contributed by atoms with Gasteiger partial charge in [0.05, 0.1) is 37.5 Å². The van der Waals surface area contributed by atoms with Gasteiger partial charge in [-0.15, -0.1) is 0 Å². The Kier molecular flexibility index (Phi) is 5.00. The molecule has 0 N–H and O–H groups in total. The van der Waals surface area contributed by atoms with Gasteiger partial charge in [0, 0.05) is 6.42 Å². The second-order valence-electron chi connectivity index (χ2n) is 6.37. The summed E-state index contributed by atoms with van der Waals surface area (Å²) in [6, 6.07) is 9.83. The summed E-state index contributed by atoms with van der Waals surface area (Å²) in [4.78, 5) is 15.2. The van der Waals surface area contributed by atoms with Crippen molar-refractivity contribution in [3.63, 3.8) is 0 Å². The maximum absolute atomic E-state index is 13.3. The highest BCUT2D eigenvalue weighted by atomic mass is 19.1. The van der Waals surface area contributed by atoms with Gasteiger partial charge < -0.3 is 14.1 Å². The first kappa shape index (κ1) is 16.7. The molecule has 4 nitrogen and oxygen atoms in total. The van der Waals surface area contributed by atoms with Gasteiger partial charge in [0.2, 0.25) is 5.91 Å². The number of furan rings is 1. The summed E-state index contributed by atoms with van der Waals surface area (Å²) < 4.78 is 24.2. The van der Waals surface area contributed by atoms with Crippen LogP contribution in [0.2, 0.25) is 0 Å². The van der Waals surface area contributed by atoms with Gasteiger partial charge in [-0.25, -0.2) is 4.39 Å². The number of morpholine rings is 1. The molecule has 128 valence electrons. The van der Waals surface area contributed by atoms with Crippen molar-refractivity contribution in [1.82, 2.24) is 4.90 Å². The van der Waals surface area contributed by atoms with Gasteiger partial charge in [0.1, 0.15) is 11.6 Å². The van der Waals surface area contributed by atoms with E-state index in [0.717, 1.165) is 11.3 Å². The number of benzene rings is 1. The number of ether oxygens (including phenoxy) is 1. The number of carbonyl (C=O) groups excluding carboxylic acids is 1. The third-order valence-corrected chi connectivity index (χ3v) is 4.48. The molecule has 24 heavy (non-hydrogen) atoms. The molecule has 1 aromatic carbocycles. The molecule has 0 spiro atoms. The zero-order valence-electron chi connectivity index (χ0n) is 13.9. The van der Waals surface area contributed by atoms with E-state index in [1.807, 2.05) is 30.9 Å². The molecule has 1 saturated heterocycles. The number of amides is 1. The van der Waals surface area contributed by atoms with Gasteiger partial charge in [-0.05, 0) is 43.7 Å². The van der Waals surface area contributed by atoms with E-state index in [2.05, 4.69) is 0 Å². The lowest BCUT2D eigenvalue weighted by atomic mass is 9.91. The van der Waals surface area contributed by atoms with Crippen LogP contribution in [0.15, 0.2) is 47.1 Å². The molecule has 3 atom stereocenters. The largest absolute Gasteiger partial charge is 0.469 e. The first-order valence-corrected chi connectivity index (χ1v) is 8.24. The van der Waals surface area contributed by atoms with Crippen molar-refractivity contribution in [2.24, 2.45) is 0 Å². The van der Waals surface area contributed by atoms with Gasteiger partial charge in [0.25, 0.3) is 0 Å². The van der Waals surface area contributed by atoms with Crippen LogP contribution >= 0.6 is 0 Å². The predicted octanol–water partition coefficient (Wildman–Crippen LogP) is 3.38. The van der Waals surface area contributed by atoms with E-state index in [-0.39, 0.29) is 23.8 Å². The molecule has 5 heteroatoms. The van der Waals surface area contributed by atoms with E-state index >= 15 is 0 Å². The summed E-state index contributed by atoms with van der Waals surface area (Å²) in [5, 5.41) is 0. The highest BCUT2D eigenvalue weighted by Gasteiger charge is 2.35. The average Bonchev–Trinajstić information content (AvgIpc) is 3.06. The minimum absolute atomic E-state index is 0.0146. The van der Waals surface area contributed by atoms with Crippen LogP contribution in [0.4, 0.5) is 4.39 Å². The molecule has 1 aliphatic rings. The lowest BCUT2D eigenvalue weighted by Crippen LogP contribution is -2.54. The summed E-state index contributed by atoms with van der Waals surface area (Å²) in [5.74, 6) is 0.0587. The van der Waals surface area contributed by atoms with Crippen molar-refractivity contribution < 1.29 is 18.3 Å². The van der Waals surface area contributed by atoms with Crippen LogP contribution in [0.5, 0.6) is 0 Å². The second kappa shape index (κ2) is 7.18. The Morgan fingerprint density at radius 2 is 1.88 bits per heavy atom. The lowest BCUT2D eigenvalue weighted by molar-refractivity contribution is -0.145. The molecular formula is C19H22FNO3. The van der Waals surface area contributed by atoms with Crippen LogP contribution < -0.4 is 0 Å². The second-order valence-corrected chi connectivity index (χ2v) is 6.37. The molecule has 1 amide bonds. The molecule has 0 aliphatic carbocycles. The molecule has 2 heterocycles. The standard InChI is InChI=1S/C19H22FNO3/c1-13-11-23-12-14(2)21(13)19(22)18(10-17-4-3-9-24-17)15-5-7-16(20)8-6-15/h3-9,13-14,18H,10-12H2,1-2H3. The maximum atomic E-state index is 13.3. The summed E-state index contributed by atoms with van der Waals surface area (Å²) >= 11 is 0. The first-order valence-electron chi connectivity index (χ1n) is 8.24. The Hall–Kier alpha value is -2.14. The van der Waals surface area contributed by atoms with Crippen molar-refractivity contribution in [2.75, 3.05) is 13.2 Å². The quantitative estimate of drug-likeness (QED) is 0.862. The van der Waals surface area contributed by atoms with Crippen LogP contribution in [0.1, 0.15) is 31.1 Å². The minimum Gasteiger partial charge on any atom is -0.469 e. The van der Waals surface area contributed by atoms with Crippen LogP contribution in [-0.4, -0.2) is 36.1 Å².